The van der Waals surface area contributed by atoms with Crippen LogP contribution in [0.25, 0.3) is 5.76 Å². The lowest BCUT2D eigenvalue weighted by Crippen LogP contribution is -2.30. The standard InChI is InChI=1S/C26H23ClN2O5/c1-14-8-9-15(2)19(11-14)29-23(18-7-5-6-10-28-18)22(25(31)26(29)32)24(30)16-12-17(27)21(34-4)13-20(16)33-3/h5-13,23,30H,1-4H3/b24-22+. The van der Waals surface area contributed by atoms with Gasteiger partial charge in [-0.05, 0) is 49.2 Å². The summed E-state index contributed by atoms with van der Waals surface area (Å²) in [5.74, 6) is -1.43. The number of ketones is 1. The minimum atomic E-state index is -0.952. The number of methoxy groups -OCH3 is 2. The smallest absolute Gasteiger partial charge is 0.300 e. The van der Waals surface area contributed by atoms with Crippen molar-refractivity contribution >= 4 is 34.7 Å². The van der Waals surface area contributed by atoms with Gasteiger partial charge in [0.2, 0.25) is 0 Å². The van der Waals surface area contributed by atoms with E-state index < -0.39 is 23.5 Å². The monoisotopic (exact) mass is 478 g/mol. The summed E-state index contributed by atoms with van der Waals surface area (Å²) in [5, 5.41) is 11.6. The highest BCUT2D eigenvalue weighted by Crippen LogP contribution is 2.45. The van der Waals surface area contributed by atoms with Crippen LogP contribution in [0.3, 0.4) is 0 Å². The lowest BCUT2D eigenvalue weighted by Gasteiger charge is -2.26. The molecule has 4 rings (SSSR count). The van der Waals surface area contributed by atoms with Crippen molar-refractivity contribution in [3.63, 3.8) is 0 Å². The molecule has 1 saturated heterocycles. The molecule has 1 aliphatic heterocycles. The van der Waals surface area contributed by atoms with Crippen molar-refractivity contribution in [3.8, 4) is 11.5 Å². The second-order valence-electron chi connectivity index (χ2n) is 7.90. The third-order valence-electron chi connectivity index (χ3n) is 5.77. The van der Waals surface area contributed by atoms with Gasteiger partial charge in [0.25, 0.3) is 11.7 Å². The van der Waals surface area contributed by atoms with Gasteiger partial charge in [-0.2, -0.15) is 0 Å². The average molecular weight is 479 g/mol. The van der Waals surface area contributed by atoms with Gasteiger partial charge in [-0.15, -0.1) is 0 Å². The zero-order valence-corrected chi connectivity index (χ0v) is 19.9. The molecule has 0 spiro atoms. The minimum Gasteiger partial charge on any atom is -0.507 e. The van der Waals surface area contributed by atoms with Gasteiger partial charge in [-0.1, -0.05) is 29.8 Å². The molecule has 174 valence electrons. The van der Waals surface area contributed by atoms with Gasteiger partial charge in [-0.3, -0.25) is 19.5 Å². The maximum absolute atomic E-state index is 13.4. The number of aromatic nitrogens is 1. The van der Waals surface area contributed by atoms with Crippen LogP contribution >= 0.6 is 11.6 Å². The Balaban J connectivity index is 2.01. The van der Waals surface area contributed by atoms with Gasteiger partial charge in [0.05, 0.1) is 36.1 Å². The summed E-state index contributed by atoms with van der Waals surface area (Å²) in [7, 11) is 2.88. The van der Waals surface area contributed by atoms with Gasteiger partial charge < -0.3 is 14.6 Å². The van der Waals surface area contributed by atoms with E-state index in [0.717, 1.165) is 11.1 Å². The number of rotatable bonds is 5. The first-order chi connectivity index (χ1) is 16.3. The summed E-state index contributed by atoms with van der Waals surface area (Å²) in [6.07, 6.45) is 1.57. The number of carbonyl (C=O) groups excluding carboxylic acids is 2. The first kappa shape index (κ1) is 23.3. The van der Waals surface area contributed by atoms with E-state index in [0.29, 0.717) is 17.1 Å². The third-order valence-corrected chi connectivity index (χ3v) is 6.06. The minimum absolute atomic E-state index is 0.107. The number of amides is 1. The molecule has 0 saturated carbocycles. The van der Waals surface area contributed by atoms with E-state index in [1.54, 1.807) is 24.4 Å². The number of Topliss-reactive ketones (excluding diaryl/α,β-unsaturated/α-hetero) is 1. The molecule has 1 fully saturated rings. The number of benzene rings is 2. The molecule has 1 amide bonds. The summed E-state index contributed by atoms with van der Waals surface area (Å²) >= 11 is 6.30. The van der Waals surface area contributed by atoms with Crippen LogP contribution in [0, 0.1) is 13.8 Å². The van der Waals surface area contributed by atoms with Gasteiger partial charge in [-0.25, -0.2) is 0 Å². The molecule has 2 aromatic carbocycles. The Kier molecular flexibility index (Phi) is 6.30. The number of aliphatic hydroxyl groups excluding tert-OH is 1. The molecular formula is C26H23ClN2O5. The molecule has 3 aromatic rings. The average Bonchev–Trinajstić information content (AvgIpc) is 3.10. The Morgan fingerprint density at radius 1 is 1.03 bits per heavy atom. The summed E-state index contributed by atoms with van der Waals surface area (Å²) in [6.45, 7) is 3.76. The van der Waals surface area contributed by atoms with E-state index in [1.807, 2.05) is 32.0 Å². The summed E-state index contributed by atoms with van der Waals surface area (Å²) in [4.78, 5) is 32.5. The largest absolute Gasteiger partial charge is 0.507 e. The first-order valence-electron chi connectivity index (χ1n) is 10.5. The molecular weight excluding hydrogens is 456 g/mol. The van der Waals surface area contributed by atoms with E-state index in [1.165, 1.54) is 31.3 Å². The van der Waals surface area contributed by atoms with Crippen LogP contribution in [-0.4, -0.2) is 36.0 Å². The molecule has 34 heavy (non-hydrogen) atoms. The highest BCUT2D eigenvalue weighted by atomic mass is 35.5. The maximum atomic E-state index is 13.4. The van der Waals surface area contributed by atoms with Crippen molar-refractivity contribution in [2.24, 2.45) is 0 Å². The summed E-state index contributed by atoms with van der Waals surface area (Å²) in [5.41, 5.74) is 2.78. The number of halogens is 1. The quantitative estimate of drug-likeness (QED) is 0.315. The lowest BCUT2D eigenvalue weighted by molar-refractivity contribution is -0.132. The Morgan fingerprint density at radius 3 is 2.41 bits per heavy atom. The van der Waals surface area contributed by atoms with E-state index >= 15 is 0 Å². The second kappa shape index (κ2) is 9.19. The predicted molar refractivity (Wildman–Crippen MR) is 129 cm³/mol. The van der Waals surface area contributed by atoms with Crippen LogP contribution in [0.15, 0.2) is 60.3 Å². The third kappa shape index (κ3) is 3.88. The number of hydrogen-bond acceptors (Lipinski definition) is 6. The SMILES string of the molecule is COc1cc(OC)c(/C(O)=C2\C(=O)C(=O)N(c3cc(C)ccc3C)C2c2ccccn2)cc1Cl. The van der Waals surface area contributed by atoms with Crippen LogP contribution in [0.4, 0.5) is 5.69 Å². The first-order valence-corrected chi connectivity index (χ1v) is 10.9. The number of pyridine rings is 1. The Bertz CT molecular complexity index is 1320. The number of hydrogen-bond donors (Lipinski definition) is 1. The Labute approximate surface area is 202 Å². The van der Waals surface area contributed by atoms with Crippen LogP contribution in [0.1, 0.15) is 28.4 Å². The highest BCUT2D eigenvalue weighted by Gasteiger charge is 2.48. The van der Waals surface area contributed by atoms with Crippen molar-refractivity contribution in [1.29, 1.82) is 0 Å². The van der Waals surface area contributed by atoms with Gasteiger partial charge in [0.15, 0.2) is 0 Å². The van der Waals surface area contributed by atoms with Crippen molar-refractivity contribution in [1.82, 2.24) is 4.98 Å². The fourth-order valence-electron chi connectivity index (χ4n) is 4.07. The molecule has 8 heteroatoms. The van der Waals surface area contributed by atoms with E-state index in [4.69, 9.17) is 21.1 Å². The molecule has 0 bridgehead atoms. The van der Waals surface area contributed by atoms with E-state index in [-0.39, 0.29) is 21.9 Å². The second-order valence-corrected chi connectivity index (χ2v) is 8.31. The Hall–Kier alpha value is -3.84. The fourth-order valence-corrected chi connectivity index (χ4v) is 4.31. The lowest BCUT2D eigenvalue weighted by atomic mass is 9.97. The molecule has 0 radical (unpaired) electrons. The van der Waals surface area contributed by atoms with Gasteiger partial charge >= 0.3 is 0 Å². The van der Waals surface area contributed by atoms with Crippen LogP contribution in [-0.2, 0) is 9.59 Å². The molecule has 1 atom stereocenters. The van der Waals surface area contributed by atoms with Crippen molar-refractivity contribution in [3.05, 3.63) is 87.7 Å². The number of carbonyl (C=O) groups is 2. The topological polar surface area (TPSA) is 89.0 Å². The molecule has 1 aliphatic rings. The zero-order chi connectivity index (χ0) is 24.6. The highest BCUT2D eigenvalue weighted by molar-refractivity contribution is 6.51. The molecule has 2 heterocycles. The molecule has 7 nitrogen and oxygen atoms in total. The summed E-state index contributed by atoms with van der Waals surface area (Å²) in [6, 6.07) is 12.8. The fraction of sp³-hybridized carbons (Fsp3) is 0.192. The van der Waals surface area contributed by atoms with Crippen molar-refractivity contribution in [2.45, 2.75) is 19.9 Å². The number of ether oxygens (including phenoxy) is 2. The Morgan fingerprint density at radius 2 is 1.76 bits per heavy atom. The number of aryl methyl sites for hydroxylation is 2. The van der Waals surface area contributed by atoms with Crippen molar-refractivity contribution in [2.75, 3.05) is 19.1 Å². The number of anilines is 1. The normalized spacial score (nSPS) is 17.2. The number of nitrogens with zero attached hydrogens (tertiary/aromatic N) is 2. The van der Waals surface area contributed by atoms with E-state index in [2.05, 4.69) is 4.98 Å². The maximum Gasteiger partial charge on any atom is 0.300 e. The predicted octanol–water partition coefficient (Wildman–Crippen LogP) is 5.00. The molecule has 1 unspecified atom stereocenters. The molecule has 1 N–H and O–H groups in total. The van der Waals surface area contributed by atoms with Crippen LogP contribution in [0.5, 0.6) is 11.5 Å². The van der Waals surface area contributed by atoms with E-state index in [9.17, 15) is 14.7 Å². The number of aliphatic hydroxyl groups is 1. The summed E-state index contributed by atoms with van der Waals surface area (Å²) < 4.78 is 10.6. The van der Waals surface area contributed by atoms with Crippen LogP contribution < -0.4 is 14.4 Å². The molecule has 1 aromatic heterocycles. The van der Waals surface area contributed by atoms with Crippen LogP contribution in [0.2, 0.25) is 5.02 Å². The zero-order valence-electron chi connectivity index (χ0n) is 19.1. The van der Waals surface area contributed by atoms with Gasteiger partial charge in [0, 0.05) is 18.0 Å². The van der Waals surface area contributed by atoms with Gasteiger partial charge in [0.1, 0.15) is 23.3 Å². The molecule has 0 aliphatic carbocycles. The van der Waals surface area contributed by atoms with Crippen molar-refractivity contribution < 1.29 is 24.2 Å².